The number of hydrogen-bond acceptors (Lipinski definition) is 10. The number of thioether (sulfide) groups is 1. The van der Waals surface area contributed by atoms with Crippen LogP contribution in [0.4, 0.5) is 5.13 Å². The van der Waals surface area contributed by atoms with Gasteiger partial charge in [-0.15, -0.1) is 11.8 Å². The van der Waals surface area contributed by atoms with Crippen LogP contribution in [0.15, 0.2) is 35.1 Å². The predicted octanol–water partition coefficient (Wildman–Crippen LogP) is 1.58. The van der Waals surface area contributed by atoms with Crippen molar-refractivity contribution in [3.63, 3.8) is 0 Å². The number of aliphatic carboxylic acids is 1. The Kier molecular flexibility index (Phi) is 6.24. The minimum atomic E-state index is -1.22. The van der Waals surface area contributed by atoms with Crippen molar-refractivity contribution in [2.45, 2.75) is 11.4 Å². The van der Waals surface area contributed by atoms with Crippen LogP contribution in [0.1, 0.15) is 5.82 Å². The Hall–Kier alpha value is -2.87. The number of carbonyl (C=O) groups excluding carboxylic acids is 2. The van der Waals surface area contributed by atoms with Gasteiger partial charge in [0, 0.05) is 22.3 Å². The first kappa shape index (κ1) is 22.3. The molecule has 0 saturated carbocycles. The molecule has 4 N–H and O–H groups in total. The van der Waals surface area contributed by atoms with Crippen LogP contribution in [-0.4, -0.2) is 60.0 Å². The summed E-state index contributed by atoms with van der Waals surface area (Å²) in [7, 11) is 0. The molecule has 2 atom stereocenters. The van der Waals surface area contributed by atoms with Crippen molar-refractivity contribution in [1.29, 1.82) is 0 Å². The average molecular weight is 515 g/mol. The van der Waals surface area contributed by atoms with Crippen LogP contribution in [0.25, 0.3) is 0 Å². The Morgan fingerprint density at radius 3 is 2.81 bits per heavy atom. The quantitative estimate of drug-likeness (QED) is 0.295. The van der Waals surface area contributed by atoms with Gasteiger partial charge in [0.1, 0.15) is 17.1 Å². The molecule has 0 bridgehead atoms. The van der Waals surface area contributed by atoms with Crippen LogP contribution in [0, 0.1) is 0 Å². The summed E-state index contributed by atoms with van der Waals surface area (Å²) in [6, 6.07) is 3.45. The van der Waals surface area contributed by atoms with Crippen LogP contribution in [-0.2, 0) is 14.4 Å². The molecule has 4 rings (SSSR count). The number of nitrogen functional groups attached to an aromatic ring is 1. The van der Waals surface area contributed by atoms with E-state index in [0.29, 0.717) is 10.8 Å². The number of amides is 2. The highest BCUT2D eigenvalue weighted by Gasteiger charge is 2.53. The first-order chi connectivity index (χ1) is 15.3. The minimum Gasteiger partial charge on any atom is -0.477 e. The number of carboxylic acids is 1. The summed E-state index contributed by atoms with van der Waals surface area (Å²) in [4.78, 5) is 47.2. The first-order valence-corrected chi connectivity index (χ1v) is 11.3. The lowest BCUT2D eigenvalue weighted by atomic mass is 10.0. The van der Waals surface area contributed by atoms with Crippen molar-refractivity contribution >= 4 is 75.1 Å². The molecule has 1 aromatic heterocycles. The number of benzene rings is 1. The third-order valence-corrected chi connectivity index (χ3v) is 6.61. The Bertz CT molecular complexity index is 1190. The zero-order valence-electron chi connectivity index (χ0n) is 15.7. The third kappa shape index (κ3) is 4.24. The van der Waals surface area contributed by atoms with E-state index in [0.717, 1.165) is 16.4 Å². The molecule has 3 heterocycles. The minimum absolute atomic E-state index is 0.0926. The first-order valence-electron chi connectivity index (χ1n) is 8.75. The van der Waals surface area contributed by atoms with Crippen molar-refractivity contribution in [3.8, 4) is 5.75 Å². The SMILES string of the molecule is Nc1nc(C(=NOc2ccc(Cl)cc2Cl)C(=O)NC2C(=O)N3C(C(=O)O)=CCS[C@H]23)ns1. The Labute approximate surface area is 198 Å². The van der Waals surface area contributed by atoms with Crippen LogP contribution in [0.5, 0.6) is 5.75 Å². The normalized spacial score (nSPS) is 20.2. The molecule has 1 aromatic carbocycles. The van der Waals surface area contributed by atoms with E-state index in [-0.39, 0.29) is 33.1 Å². The Morgan fingerprint density at radius 1 is 1.38 bits per heavy atom. The number of fused-ring (bicyclic) bond motifs is 1. The summed E-state index contributed by atoms with van der Waals surface area (Å²) < 4.78 is 3.97. The van der Waals surface area contributed by atoms with E-state index >= 15 is 0 Å². The van der Waals surface area contributed by atoms with Gasteiger partial charge in [-0.25, -0.2) is 4.79 Å². The van der Waals surface area contributed by atoms with Crippen molar-refractivity contribution in [2.75, 3.05) is 11.5 Å². The van der Waals surface area contributed by atoms with Gasteiger partial charge < -0.3 is 21.0 Å². The number of oxime groups is 1. The summed E-state index contributed by atoms with van der Waals surface area (Å²) in [5, 5.41) is 15.7. The van der Waals surface area contributed by atoms with E-state index in [1.807, 2.05) is 0 Å². The second-order valence-electron chi connectivity index (χ2n) is 6.34. The molecule has 32 heavy (non-hydrogen) atoms. The molecule has 11 nitrogen and oxygen atoms in total. The van der Waals surface area contributed by atoms with E-state index in [1.165, 1.54) is 36.0 Å². The number of anilines is 1. The summed E-state index contributed by atoms with van der Waals surface area (Å²) in [5.74, 6) is -2.19. The van der Waals surface area contributed by atoms with Gasteiger partial charge in [-0.05, 0) is 24.3 Å². The number of nitrogens with zero attached hydrogens (tertiary/aromatic N) is 4. The molecule has 2 amide bonds. The van der Waals surface area contributed by atoms with E-state index < -0.39 is 29.2 Å². The highest BCUT2D eigenvalue weighted by molar-refractivity contribution is 8.00. The maximum Gasteiger partial charge on any atom is 0.352 e. The lowest BCUT2D eigenvalue weighted by molar-refractivity contribution is -0.150. The third-order valence-electron chi connectivity index (χ3n) is 4.35. The fourth-order valence-electron chi connectivity index (χ4n) is 2.91. The van der Waals surface area contributed by atoms with Gasteiger partial charge in [-0.3, -0.25) is 14.5 Å². The summed E-state index contributed by atoms with van der Waals surface area (Å²) in [5.41, 5.74) is 5.15. The van der Waals surface area contributed by atoms with Crippen molar-refractivity contribution < 1.29 is 24.3 Å². The topological polar surface area (TPSA) is 160 Å². The molecule has 0 radical (unpaired) electrons. The number of carbonyl (C=O) groups is 3. The van der Waals surface area contributed by atoms with Crippen LogP contribution >= 0.6 is 46.5 Å². The number of nitrogens with one attached hydrogen (secondary N) is 1. The Morgan fingerprint density at radius 2 is 2.16 bits per heavy atom. The van der Waals surface area contributed by atoms with Gasteiger partial charge in [0.15, 0.2) is 10.9 Å². The highest BCUT2D eigenvalue weighted by Crippen LogP contribution is 2.37. The summed E-state index contributed by atoms with van der Waals surface area (Å²) in [6.07, 6.45) is 1.44. The number of aromatic nitrogens is 2. The van der Waals surface area contributed by atoms with Crippen molar-refractivity contribution in [2.24, 2.45) is 5.16 Å². The zero-order chi connectivity index (χ0) is 23.0. The largest absolute Gasteiger partial charge is 0.477 e. The number of carboxylic acid groups (broad SMARTS) is 1. The lowest BCUT2D eigenvalue weighted by Gasteiger charge is -2.48. The molecule has 166 valence electrons. The van der Waals surface area contributed by atoms with Crippen LogP contribution < -0.4 is 15.9 Å². The monoisotopic (exact) mass is 514 g/mol. The molecule has 15 heteroatoms. The molecular formula is C17H12Cl2N6O5S2. The highest BCUT2D eigenvalue weighted by atomic mass is 35.5. The summed E-state index contributed by atoms with van der Waals surface area (Å²) >= 11 is 14.1. The van der Waals surface area contributed by atoms with Crippen LogP contribution in [0.3, 0.4) is 0 Å². The zero-order valence-corrected chi connectivity index (χ0v) is 18.8. The number of rotatable bonds is 6. The maximum absolute atomic E-state index is 12.9. The van der Waals surface area contributed by atoms with Gasteiger partial charge in [-0.2, -0.15) is 9.36 Å². The molecular weight excluding hydrogens is 503 g/mol. The molecule has 1 saturated heterocycles. The molecule has 1 fully saturated rings. The van der Waals surface area contributed by atoms with Gasteiger partial charge >= 0.3 is 5.97 Å². The molecule has 0 spiro atoms. The molecule has 1 unspecified atom stereocenters. The van der Waals surface area contributed by atoms with Crippen LogP contribution in [0.2, 0.25) is 10.0 Å². The number of β-lactam (4-membered cyclic amide) rings is 1. The Balaban J connectivity index is 1.56. The summed E-state index contributed by atoms with van der Waals surface area (Å²) in [6.45, 7) is 0. The maximum atomic E-state index is 12.9. The second-order valence-corrected chi connectivity index (χ2v) is 9.12. The fourth-order valence-corrected chi connectivity index (χ4v) is 4.98. The van der Waals surface area contributed by atoms with Gasteiger partial charge in [0.2, 0.25) is 11.5 Å². The number of halogens is 2. The predicted molar refractivity (Wildman–Crippen MR) is 119 cm³/mol. The van der Waals surface area contributed by atoms with Crippen molar-refractivity contribution in [3.05, 3.63) is 45.8 Å². The molecule has 0 aliphatic carbocycles. The van der Waals surface area contributed by atoms with E-state index in [1.54, 1.807) is 0 Å². The van der Waals surface area contributed by atoms with Gasteiger partial charge in [-0.1, -0.05) is 28.4 Å². The fraction of sp³-hybridized carbons (Fsp3) is 0.176. The standard InChI is InChI=1S/C17H12Cl2N6O5S2/c18-6-1-2-9(7(19)5-6)30-23-10(12-22-17(20)32-24-12)13(26)21-11-14(27)25-8(16(28)29)3-4-31-15(11)25/h1-3,5,11,15H,4H2,(H,21,26)(H,28,29)(H2,20,22,24)/t11?,15-/m1/s1. The smallest absolute Gasteiger partial charge is 0.352 e. The second kappa shape index (κ2) is 8.94. The molecule has 2 aliphatic heterocycles. The number of nitrogens with two attached hydrogens (primary N) is 1. The number of hydrogen-bond donors (Lipinski definition) is 3. The van der Waals surface area contributed by atoms with E-state index in [2.05, 4.69) is 19.8 Å². The van der Waals surface area contributed by atoms with Gasteiger partial charge in [0.25, 0.3) is 11.8 Å². The molecule has 2 aromatic rings. The van der Waals surface area contributed by atoms with Gasteiger partial charge in [0.05, 0.1) is 5.02 Å². The average Bonchev–Trinajstić information content (AvgIpc) is 3.18. The van der Waals surface area contributed by atoms with E-state index in [9.17, 15) is 19.5 Å². The van der Waals surface area contributed by atoms with E-state index in [4.69, 9.17) is 33.8 Å². The van der Waals surface area contributed by atoms with Crippen molar-refractivity contribution in [1.82, 2.24) is 19.6 Å². The lowest BCUT2D eigenvalue weighted by Crippen LogP contribution is -2.70. The molecule has 2 aliphatic rings.